The van der Waals surface area contributed by atoms with Gasteiger partial charge in [0.05, 0.1) is 6.04 Å². The van der Waals surface area contributed by atoms with Gasteiger partial charge >= 0.3 is 11.8 Å². The third kappa shape index (κ3) is 3.42. The van der Waals surface area contributed by atoms with Crippen molar-refractivity contribution in [2.75, 3.05) is 6.54 Å². The van der Waals surface area contributed by atoms with Crippen molar-refractivity contribution in [3.8, 4) is 0 Å². The highest BCUT2D eigenvalue weighted by molar-refractivity contribution is 6.35. The summed E-state index contributed by atoms with van der Waals surface area (Å²) in [7, 11) is 0. The number of carbonyl (C=O) groups excluding carboxylic acids is 2. The minimum Gasteiger partial charge on any atom is -0.341 e. The average Bonchev–Trinajstić information content (AvgIpc) is 2.61. The summed E-state index contributed by atoms with van der Waals surface area (Å²) in [6, 6.07) is 17.5. The van der Waals surface area contributed by atoms with E-state index in [4.69, 9.17) is 0 Å². The highest BCUT2D eigenvalue weighted by Crippen LogP contribution is 2.19. The molecule has 1 atom stereocenters. The quantitative estimate of drug-likeness (QED) is 0.866. The van der Waals surface area contributed by atoms with Crippen LogP contribution in [0, 0.1) is 0 Å². The first-order chi connectivity index (χ1) is 11.1. The van der Waals surface area contributed by atoms with E-state index < -0.39 is 11.8 Å². The molecule has 2 aromatic rings. The first-order valence-electron chi connectivity index (χ1n) is 7.86. The Hall–Kier alpha value is -2.62. The Morgan fingerprint density at radius 3 is 2.39 bits per heavy atom. The van der Waals surface area contributed by atoms with E-state index in [0.717, 1.165) is 17.5 Å². The van der Waals surface area contributed by atoms with Gasteiger partial charge in [0.1, 0.15) is 0 Å². The molecule has 23 heavy (non-hydrogen) atoms. The number of carbonyl (C=O) groups is 2. The van der Waals surface area contributed by atoms with Crippen molar-refractivity contribution in [1.29, 1.82) is 0 Å². The Balaban J connectivity index is 1.63. The molecule has 3 rings (SSSR count). The number of rotatable bonds is 2. The summed E-state index contributed by atoms with van der Waals surface area (Å²) in [5, 5.41) is 2.79. The Morgan fingerprint density at radius 1 is 1.00 bits per heavy atom. The summed E-state index contributed by atoms with van der Waals surface area (Å²) >= 11 is 0. The van der Waals surface area contributed by atoms with Crippen molar-refractivity contribution < 1.29 is 9.59 Å². The zero-order valence-corrected chi connectivity index (χ0v) is 13.2. The minimum absolute atomic E-state index is 0.190. The molecule has 4 nitrogen and oxygen atoms in total. The van der Waals surface area contributed by atoms with Gasteiger partial charge < -0.3 is 10.2 Å². The molecule has 0 saturated heterocycles. The Labute approximate surface area is 136 Å². The Bertz CT molecular complexity index is 712. The van der Waals surface area contributed by atoms with Crippen molar-refractivity contribution in [2.45, 2.75) is 25.9 Å². The second kappa shape index (κ2) is 6.65. The number of amides is 2. The van der Waals surface area contributed by atoms with Crippen LogP contribution in [0.1, 0.15) is 29.7 Å². The summed E-state index contributed by atoms with van der Waals surface area (Å²) in [5.41, 5.74) is 3.36. The van der Waals surface area contributed by atoms with Gasteiger partial charge in [0.2, 0.25) is 0 Å². The van der Waals surface area contributed by atoms with Crippen LogP contribution in [-0.2, 0) is 22.6 Å². The van der Waals surface area contributed by atoms with Crippen LogP contribution in [0.5, 0.6) is 0 Å². The van der Waals surface area contributed by atoms with E-state index in [1.165, 1.54) is 5.56 Å². The zero-order chi connectivity index (χ0) is 16.2. The van der Waals surface area contributed by atoms with Gasteiger partial charge in [-0.05, 0) is 30.0 Å². The molecule has 0 bridgehead atoms. The number of benzene rings is 2. The van der Waals surface area contributed by atoms with Gasteiger partial charge in [-0.1, -0.05) is 54.6 Å². The van der Waals surface area contributed by atoms with Crippen molar-refractivity contribution in [2.24, 2.45) is 0 Å². The van der Waals surface area contributed by atoms with Crippen molar-refractivity contribution in [3.05, 3.63) is 71.3 Å². The average molecular weight is 308 g/mol. The van der Waals surface area contributed by atoms with Crippen LogP contribution >= 0.6 is 0 Å². The molecule has 0 radical (unpaired) electrons. The fourth-order valence-electron chi connectivity index (χ4n) is 2.90. The van der Waals surface area contributed by atoms with Gasteiger partial charge in [0.15, 0.2) is 0 Å². The maximum atomic E-state index is 12.4. The molecule has 0 fully saturated rings. The third-order valence-corrected chi connectivity index (χ3v) is 4.26. The molecule has 0 aromatic heterocycles. The first-order valence-corrected chi connectivity index (χ1v) is 7.86. The summed E-state index contributed by atoms with van der Waals surface area (Å²) < 4.78 is 0. The highest BCUT2D eigenvalue weighted by Gasteiger charge is 2.26. The van der Waals surface area contributed by atoms with E-state index in [1.54, 1.807) is 4.90 Å². The van der Waals surface area contributed by atoms with Gasteiger partial charge in [-0.25, -0.2) is 0 Å². The van der Waals surface area contributed by atoms with Gasteiger partial charge in [0.25, 0.3) is 0 Å². The minimum atomic E-state index is -0.541. The summed E-state index contributed by atoms with van der Waals surface area (Å²) in [6.45, 7) is 2.97. The lowest BCUT2D eigenvalue weighted by atomic mass is 10.00. The van der Waals surface area contributed by atoms with Crippen LogP contribution < -0.4 is 5.32 Å². The predicted molar refractivity (Wildman–Crippen MR) is 88.6 cm³/mol. The fourth-order valence-corrected chi connectivity index (χ4v) is 2.90. The number of hydrogen-bond acceptors (Lipinski definition) is 2. The van der Waals surface area contributed by atoms with E-state index in [9.17, 15) is 9.59 Å². The molecule has 1 N–H and O–H groups in total. The van der Waals surface area contributed by atoms with Gasteiger partial charge in [-0.15, -0.1) is 0 Å². The third-order valence-electron chi connectivity index (χ3n) is 4.26. The summed E-state index contributed by atoms with van der Waals surface area (Å²) in [5.74, 6) is -0.997. The largest absolute Gasteiger partial charge is 0.341 e. The zero-order valence-electron chi connectivity index (χ0n) is 13.2. The van der Waals surface area contributed by atoms with Crippen LogP contribution in [0.25, 0.3) is 0 Å². The smallest absolute Gasteiger partial charge is 0.312 e. The van der Waals surface area contributed by atoms with Crippen LogP contribution in [0.4, 0.5) is 0 Å². The normalized spacial score (nSPS) is 14.7. The van der Waals surface area contributed by atoms with E-state index in [-0.39, 0.29) is 6.04 Å². The van der Waals surface area contributed by atoms with Gasteiger partial charge in [0, 0.05) is 13.1 Å². The van der Waals surface area contributed by atoms with Crippen molar-refractivity contribution >= 4 is 11.8 Å². The fraction of sp³-hybridized carbons (Fsp3) is 0.263. The number of nitrogens with zero attached hydrogens (tertiary/aromatic N) is 1. The van der Waals surface area contributed by atoms with E-state index >= 15 is 0 Å². The molecule has 1 aliphatic heterocycles. The van der Waals surface area contributed by atoms with E-state index in [0.29, 0.717) is 13.1 Å². The van der Waals surface area contributed by atoms with E-state index in [2.05, 4.69) is 11.4 Å². The van der Waals surface area contributed by atoms with Crippen LogP contribution in [0.2, 0.25) is 0 Å². The molecule has 1 unspecified atom stereocenters. The number of hydrogen-bond donors (Lipinski definition) is 1. The second-order valence-corrected chi connectivity index (χ2v) is 5.85. The molecule has 0 aliphatic carbocycles. The maximum Gasteiger partial charge on any atom is 0.312 e. The lowest BCUT2D eigenvalue weighted by Gasteiger charge is -2.28. The maximum absolute atomic E-state index is 12.4. The van der Waals surface area contributed by atoms with Gasteiger partial charge in [-0.3, -0.25) is 9.59 Å². The lowest BCUT2D eigenvalue weighted by Crippen LogP contribution is -2.45. The topological polar surface area (TPSA) is 49.4 Å². The van der Waals surface area contributed by atoms with E-state index in [1.807, 2.05) is 55.5 Å². The molecule has 1 heterocycles. The van der Waals surface area contributed by atoms with Crippen molar-refractivity contribution in [3.63, 3.8) is 0 Å². The summed E-state index contributed by atoms with van der Waals surface area (Å²) in [4.78, 5) is 26.2. The molecule has 2 aromatic carbocycles. The second-order valence-electron chi connectivity index (χ2n) is 5.85. The standard InChI is InChI=1S/C19H20N2O2/c1-14(15-7-3-2-4-8-15)20-18(22)19(23)21-12-11-16-9-5-6-10-17(16)13-21/h2-10,14H,11-13H2,1H3,(H,20,22). The Morgan fingerprint density at radius 2 is 1.65 bits per heavy atom. The molecule has 0 spiro atoms. The SMILES string of the molecule is CC(NC(=O)C(=O)N1CCc2ccccc2C1)c1ccccc1. The Kier molecular flexibility index (Phi) is 4.42. The lowest BCUT2D eigenvalue weighted by molar-refractivity contribution is -0.146. The molecule has 4 heteroatoms. The molecular formula is C19H20N2O2. The molecule has 2 amide bonds. The molecular weight excluding hydrogens is 288 g/mol. The highest BCUT2D eigenvalue weighted by atomic mass is 16.2. The van der Waals surface area contributed by atoms with Gasteiger partial charge in [-0.2, -0.15) is 0 Å². The summed E-state index contributed by atoms with van der Waals surface area (Å²) in [6.07, 6.45) is 0.795. The van der Waals surface area contributed by atoms with Crippen LogP contribution in [0.15, 0.2) is 54.6 Å². The molecule has 118 valence electrons. The van der Waals surface area contributed by atoms with Crippen LogP contribution in [-0.4, -0.2) is 23.3 Å². The molecule has 0 saturated carbocycles. The number of fused-ring (bicyclic) bond motifs is 1. The van der Waals surface area contributed by atoms with Crippen molar-refractivity contribution in [1.82, 2.24) is 10.2 Å². The van der Waals surface area contributed by atoms with Crippen LogP contribution in [0.3, 0.4) is 0 Å². The first kappa shape index (κ1) is 15.3. The monoisotopic (exact) mass is 308 g/mol. The molecule has 1 aliphatic rings. The number of nitrogens with one attached hydrogen (secondary N) is 1. The predicted octanol–water partition coefficient (Wildman–Crippen LogP) is 2.45.